The normalized spacial score (nSPS) is 13.0. The van der Waals surface area contributed by atoms with Crippen molar-refractivity contribution in [3.8, 4) is 17.1 Å². The van der Waals surface area contributed by atoms with Crippen LogP contribution in [0.15, 0.2) is 32.3 Å². The molecule has 0 fully saturated rings. The van der Waals surface area contributed by atoms with Crippen molar-refractivity contribution >= 4 is 11.6 Å². The summed E-state index contributed by atoms with van der Waals surface area (Å²) in [6.07, 6.45) is 2.74. The van der Waals surface area contributed by atoms with Gasteiger partial charge < -0.3 is 14.6 Å². The van der Waals surface area contributed by atoms with Crippen LogP contribution < -0.4 is 21.3 Å². The number of nitrogens with zero attached hydrogens (tertiary/aromatic N) is 4. The zero-order valence-electron chi connectivity index (χ0n) is 18.3. The molecular formula is C22H25N5O5. The molecule has 1 aliphatic rings. The molecule has 32 heavy (non-hydrogen) atoms. The third-order valence-corrected chi connectivity index (χ3v) is 5.51. The molecule has 0 radical (unpaired) electrons. The minimum atomic E-state index is -0.599. The van der Waals surface area contributed by atoms with E-state index in [1.54, 1.807) is 16.7 Å². The number of anilines is 1. The summed E-state index contributed by atoms with van der Waals surface area (Å²) in [5, 5.41) is 6.68. The van der Waals surface area contributed by atoms with Crippen LogP contribution in [0.3, 0.4) is 0 Å². The predicted molar refractivity (Wildman–Crippen MR) is 117 cm³/mol. The summed E-state index contributed by atoms with van der Waals surface area (Å²) in [5.41, 5.74) is 1.09. The van der Waals surface area contributed by atoms with Crippen LogP contribution in [-0.4, -0.2) is 32.3 Å². The number of aryl methyl sites for hydroxylation is 2. The van der Waals surface area contributed by atoms with Crippen molar-refractivity contribution in [2.75, 3.05) is 12.4 Å². The number of carbonyl (C=O) groups is 1. The first-order valence-electron chi connectivity index (χ1n) is 10.6. The standard InChI is InChI=1S/C22H25N5O5/c1-4-18-24-20(25-32-18)19-15-7-5-6-10-26(15)22(30)27(21(19)29)12-17(28)23-14-11-13(2)8-9-16(14)31-3/h8-9,11H,4-7,10,12H2,1-3H3,(H,23,28). The molecule has 0 atom stereocenters. The van der Waals surface area contributed by atoms with Gasteiger partial charge >= 0.3 is 5.69 Å². The molecule has 10 nitrogen and oxygen atoms in total. The number of fused-ring (bicyclic) bond motifs is 1. The molecule has 0 bridgehead atoms. The Bertz CT molecular complexity index is 1290. The minimum Gasteiger partial charge on any atom is -0.495 e. The molecule has 4 rings (SSSR count). The Morgan fingerprint density at radius 1 is 1.28 bits per heavy atom. The van der Waals surface area contributed by atoms with Crippen LogP contribution in [0.4, 0.5) is 5.69 Å². The van der Waals surface area contributed by atoms with Gasteiger partial charge in [0.1, 0.15) is 17.9 Å². The van der Waals surface area contributed by atoms with Gasteiger partial charge in [0.2, 0.25) is 17.6 Å². The summed E-state index contributed by atoms with van der Waals surface area (Å²) in [4.78, 5) is 43.6. The molecule has 1 amide bonds. The van der Waals surface area contributed by atoms with Crippen molar-refractivity contribution in [3.63, 3.8) is 0 Å². The lowest BCUT2D eigenvalue weighted by Crippen LogP contribution is -2.45. The number of amides is 1. The Balaban J connectivity index is 1.75. The summed E-state index contributed by atoms with van der Waals surface area (Å²) in [7, 11) is 1.50. The summed E-state index contributed by atoms with van der Waals surface area (Å²) in [6.45, 7) is 3.77. The van der Waals surface area contributed by atoms with Crippen LogP contribution in [-0.2, 0) is 30.7 Å². The van der Waals surface area contributed by atoms with Crippen molar-refractivity contribution in [1.29, 1.82) is 0 Å². The molecule has 10 heteroatoms. The molecule has 3 heterocycles. The van der Waals surface area contributed by atoms with E-state index in [-0.39, 0.29) is 11.4 Å². The highest BCUT2D eigenvalue weighted by molar-refractivity contribution is 5.92. The van der Waals surface area contributed by atoms with Crippen LogP contribution in [0.1, 0.15) is 36.9 Å². The SMILES string of the molecule is CCc1nc(-c2c3n(c(=O)n(CC(=O)Nc4cc(C)ccc4OC)c2=O)CCCC3)no1. The third-order valence-electron chi connectivity index (χ3n) is 5.51. The average molecular weight is 439 g/mol. The predicted octanol–water partition coefficient (Wildman–Crippen LogP) is 1.91. The summed E-state index contributed by atoms with van der Waals surface area (Å²) >= 11 is 0. The molecule has 0 aliphatic carbocycles. The number of aromatic nitrogens is 4. The quantitative estimate of drug-likeness (QED) is 0.623. The number of ether oxygens (including phenoxy) is 1. The fraction of sp³-hybridized carbons (Fsp3) is 0.409. The van der Waals surface area contributed by atoms with E-state index in [2.05, 4.69) is 15.5 Å². The second-order valence-electron chi connectivity index (χ2n) is 7.72. The summed E-state index contributed by atoms with van der Waals surface area (Å²) in [6, 6.07) is 5.36. The lowest BCUT2D eigenvalue weighted by molar-refractivity contribution is -0.116. The van der Waals surface area contributed by atoms with Crippen molar-refractivity contribution in [2.24, 2.45) is 0 Å². The first-order valence-corrected chi connectivity index (χ1v) is 10.6. The van der Waals surface area contributed by atoms with E-state index in [1.165, 1.54) is 7.11 Å². The molecule has 2 aromatic heterocycles. The van der Waals surface area contributed by atoms with Crippen molar-refractivity contribution < 1.29 is 14.1 Å². The van der Waals surface area contributed by atoms with Gasteiger partial charge in [-0.2, -0.15) is 4.98 Å². The molecule has 168 valence electrons. The molecule has 0 spiro atoms. The lowest BCUT2D eigenvalue weighted by Gasteiger charge is -2.21. The number of methoxy groups -OCH3 is 1. The molecule has 0 saturated heterocycles. The Hall–Kier alpha value is -3.69. The van der Waals surface area contributed by atoms with Gasteiger partial charge in [-0.25, -0.2) is 4.79 Å². The Kier molecular flexibility index (Phi) is 5.93. The summed E-state index contributed by atoms with van der Waals surface area (Å²) < 4.78 is 13.0. The Morgan fingerprint density at radius 2 is 2.09 bits per heavy atom. The monoisotopic (exact) mass is 439 g/mol. The largest absolute Gasteiger partial charge is 0.495 e. The van der Waals surface area contributed by atoms with Crippen LogP contribution in [0.5, 0.6) is 5.75 Å². The Morgan fingerprint density at radius 3 is 2.81 bits per heavy atom. The highest BCUT2D eigenvalue weighted by atomic mass is 16.5. The lowest BCUT2D eigenvalue weighted by atomic mass is 10.0. The highest BCUT2D eigenvalue weighted by Gasteiger charge is 2.26. The van der Waals surface area contributed by atoms with E-state index < -0.39 is 23.7 Å². The number of rotatable bonds is 6. The minimum absolute atomic E-state index is 0.145. The van der Waals surface area contributed by atoms with Gasteiger partial charge in [0.05, 0.1) is 12.8 Å². The highest BCUT2D eigenvalue weighted by Crippen LogP contribution is 2.25. The summed E-state index contributed by atoms with van der Waals surface area (Å²) in [5.74, 6) is 0.513. The van der Waals surface area contributed by atoms with Crippen molar-refractivity contribution in [2.45, 2.75) is 52.6 Å². The average Bonchev–Trinajstić information content (AvgIpc) is 3.26. The van der Waals surface area contributed by atoms with Gasteiger partial charge in [-0.3, -0.25) is 18.7 Å². The molecule has 0 saturated carbocycles. The van der Waals surface area contributed by atoms with E-state index in [0.29, 0.717) is 42.4 Å². The van der Waals surface area contributed by atoms with Crippen molar-refractivity contribution in [1.82, 2.24) is 19.3 Å². The number of benzene rings is 1. The van der Waals surface area contributed by atoms with Gasteiger partial charge in [0.25, 0.3) is 5.56 Å². The second kappa shape index (κ2) is 8.81. The van der Waals surface area contributed by atoms with Crippen LogP contribution >= 0.6 is 0 Å². The van der Waals surface area contributed by atoms with Gasteiger partial charge in [0.15, 0.2) is 0 Å². The fourth-order valence-corrected chi connectivity index (χ4v) is 3.91. The zero-order valence-corrected chi connectivity index (χ0v) is 18.3. The maximum absolute atomic E-state index is 13.3. The van der Waals surface area contributed by atoms with E-state index in [0.717, 1.165) is 23.0 Å². The number of carbonyl (C=O) groups excluding carboxylic acids is 1. The van der Waals surface area contributed by atoms with Gasteiger partial charge in [0, 0.05) is 18.7 Å². The Labute approximate surface area is 183 Å². The number of hydrogen-bond donors (Lipinski definition) is 1. The maximum atomic E-state index is 13.3. The molecular weight excluding hydrogens is 414 g/mol. The van der Waals surface area contributed by atoms with E-state index in [9.17, 15) is 14.4 Å². The molecule has 1 aromatic carbocycles. The third kappa shape index (κ3) is 3.95. The molecule has 1 aliphatic heterocycles. The van der Waals surface area contributed by atoms with Crippen molar-refractivity contribution in [3.05, 3.63) is 56.2 Å². The van der Waals surface area contributed by atoms with Gasteiger partial charge in [-0.15, -0.1) is 0 Å². The van der Waals surface area contributed by atoms with Crippen LogP contribution in [0, 0.1) is 6.92 Å². The number of hydrogen-bond acceptors (Lipinski definition) is 7. The second-order valence-corrected chi connectivity index (χ2v) is 7.72. The van der Waals surface area contributed by atoms with Gasteiger partial charge in [-0.05, 0) is 43.9 Å². The fourth-order valence-electron chi connectivity index (χ4n) is 3.91. The first kappa shape index (κ1) is 21.5. The van der Waals surface area contributed by atoms with E-state index >= 15 is 0 Å². The first-order chi connectivity index (χ1) is 15.4. The van der Waals surface area contributed by atoms with E-state index in [4.69, 9.17) is 9.26 Å². The molecule has 0 unspecified atom stereocenters. The zero-order chi connectivity index (χ0) is 22.8. The molecule has 1 N–H and O–H groups in total. The van der Waals surface area contributed by atoms with E-state index in [1.807, 2.05) is 19.9 Å². The number of nitrogens with one attached hydrogen (secondary N) is 1. The van der Waals surface area contributed by atoms with Gasteiger partial charge in [-0.1, -0.05) is 18.1 Å². The topological polar surface area (TPSA) is 121 Å². The molecule has 3 aromatic rings. The smallest absolute Gasteiger partial charge is 0.331 e. The van der Waals surface area contributed by atoms with Crippen LogP contribution in [0.2, 0.25) is 0 Å². The van der Waals surface area contributed by atoms with Crippen LogP contribution in [0.25, 0.3) is 11.4 Å². The maximum Gasteiger partial charge on any atom is 0.331 e.